The number of thiophene rings is 1. The van der Waals surface area contributed by atoms with Gasteiger partial charge < -0.3 is 11.1 Å². The highest BCUT2D eigenvalue weighted by Crippen LogP contribution is 2.43. The van der Waals surface area contributed by atoms with E-state index in [1.165, 1.54) is 6.07 Å². The van der Waals surface area contributed by atoms with Crippen molar-refractivity contribution in [1.82, 2.24) is 24.5 Å². The molecule has 0 unspecified atom stereocenters. The summed E-state index contributed by atoms with van der Waals surface area (Å²) in [5.41, 5.74) is 7.63. The molecule has 0 aliphatic heterocycles. The molecule has 34 heavy (non-hydrogen) atoms. The van der Waals surface area contributed by atoms with Crippen molar-refractivity contribution in [3.63, 3.8) is 0 Å². The average Bonchev–Trinajstić information content (AvgIpc) is 3.40. The second kappa shape index (κ2) is 9.22. The van der Waals surface area contributed by atoms with Gasteiger partial charge in [0.15, 0.2) is 0 Å². The van der Waals surface area contributed by atoms with Crippen LogP contribution in [0.2, 0.25) is 0 Å². The molecule has 4 aromatic heterocycles. The number of hydrogen-bond acceptors (Lipinski definition) is 6. The lowest BCUT2D eigenvalue weighted by molar-refractivity contribution is -0.116. The van der Waals surface area contributed by atoms with Crippen LogP contribution in [-0.2, 0) is 18.4 Å². The Bertz CT molecular complexity index is 1410. The van der Waals surface area contributed by atoms with E-state index in [4.69, 9.17) is 5.73 Å². The maximum atomic E-state index is 13.6. The van der Waals surface area contributed by atoms with E-state index in [1.54, 1.807) is 35.7 Å². The lowest BCUT2D eigenvalue weighted by Gasteiger charge is -2.10. The molecule has 0 atom stereocenters. The van der Waals surface area contributed by atoms with Gasteiger partial charge in [-0.25, -0.2) is 13.8 Å². The third kappa shape index (κ3) is 4.57. The monoisotopic (exact) mass is 551 g/mol. The van der Waals surface area contributed by atoms with Crippen LogP contribution < -0.4 is 11.1 Å². The minimum absolute atomic E-state index is 0.0303. The Hall–Kier alpha value is -3.19. The van der Waals surface area contributed by atoms with E-state index in [0.717, 1.165) is 21.5 Å². The number of alkyl halides is 2. The van der Waals surface area contributed by atoms with Crippen LogP contribution in [0.1, 0.15) is 39.6 Å². The zero-order valence-corrected chi connectivity index (χ0v) is 20.8. The Morgan fingerprint density at radius 1 is 1.21 bits per heavy atom. The van der Waals surface area contributed by atoms with Crippen molar-refractivity contribution in [2.75, 3.05) is 5.32 Å². The number of aryl methyl sites for hydroxylation is 4. The van der Waals surface area contributed by atoms with Crippen molar-refractivity contribution in [1.29, 1.82) is 0 Å². The quantitative estimate of drug-likeness (QED) is 0.354. The molecule has 3 N–H and O–H groups in total. The van der Waals surface area contributed by atoms with Gasteiger partial charge in [-0.1, -0.05) is 0 Å². The summed E-state index contributed by atoms with van der Waals surface area (Å²) >= 11 is 4.24. The first-order valence-electron chi connectivity index (χ1n) is 10.1. The minimum Gasteiger partial charge on any atom is -0.365 e. The number of nitrogens with two attached hydrogens (primary N) is 1. The highest BCUT2D eigenvalue weighted by molar-refractivity contribution is 9.10. The van der Waals surface area contributed by atoms with Crippen molar-refractivity contribution >= 4 is 55.0 Å². The van der Waals surface area contributed by atoms with Crippen LogP contribution in [0.3, 0.4) is 0 Å². The highest BCUT2D eigenvalue weighted by atomic mass is 79.9. The molecule has 13 heteroatoms. The Labute approximate surface area is 205 Å². The van der Waals surface area contributed by atoms with Crippen LogP contribution in [0.5, 0.6) is 0 Å². The van der Waals surface area contributed by atoms with Crippen LogP contribution in [0.4, 0.5) is 14.5 Å². The van der Waals surface area contributed by atoms with Gasteiger partial charge in [-0.3, -0.25) is 19.0 Å². The summed E-state index contributed by atoms with van der Waals surface area (Å²) < 4.78 is 31.2. The van der Waals surface area contributed by atoms with Gasteiger partial charge in [0.1, 0.15) is 15.4 Å². The second-order valence-corrected chi connectivity index (χ2v) is 9.52. The summed E-state index contributed by atoms with van der Waals surface area (Å²) in [6.07, 6.45) is 0.683. The van der Waals surface area contributed by atoms with Gasteiger partial charge in [-0.2, -0.15) is 10.2 Å². The molecule has 0 aliphatic rings. The fourth-order valence-electron chi connectivity index (χ4n) is 3.62. The SMILES string of the molecule is Cc1nn(CCC(=O)Nc2c(C(N)=O)sc3nc(C(F)F)cc(-c4cn(C)nc4C)c23)cc1Br. The molecule has 0 bridgehead atoms. The predicted molar refractivity (Wildman–Crippen MR) is 128 cm³/mol. The number of primary amides is 1. The topological polar surface area (TPSA) is 121 Å². The largest absolute Gasteiger partial charge is 0.365 e. The van der Waals surface area contributed by atoms with Crippen molar-refractivity contribution in [3.05, 3.63) is 44.9 Å². The summed E-state index contributed by atoms with van der Waals surface area (Å²) in [6.45, 7) is 3.88. The van der Waals surface area contributed by atoms with Crippen molar-refractivity contribution in [3.8, 4) is 11.1 Å². The molecule has 0 aliphatic carbocycles. The summed E-state index contributed by atoms with van der Waals surface area (Å²) in [7, 11) is 1.71. The Balaban J connectivity index is 1.79. The van der Waals surface area contributed by atoms with Gasteiger partial charge in [0.25, 0.3) is 12.3 Å². The molecule has 4 aromatic rings. The zero-order valence-electron chi connectivity index (χ0n) is 18.4. The molecule has 4 heterocycles. The van der Waals surface area contributed by atoms with Gasteiger partial charge in [-0.05, 0) is 41.4 Å². The van der Waals surface area contributed by atoms with Crippen molar-refractivity contribution < 1.29 is 18.4 Å². The fourth-order valence-corrected chi connectivity index (χ4v) is 4.95. The number of pyridine rings is 1. The van der Waals surface area contributed by atoms with Crippen molar-refractivity contribution in [2.45, 2.75) is 33.2 Å². The van der Waals surface area contributed by atoms with E-state index >= 15 is 0 Å². The Morgan fingerprint density at radius 2 is 1.94 bits per heavy atom. The van der Waals surface area contributed by atoms with Crippen LogP contribution >= 0.6 is 27.3 Å². The number of aromatic nitrogens is 5. The highest BCUT2D eigenvalue weighted by Gasteiger charge is 2.26. The van der Waals surface area contributed by atoms with Crippen LogP contribution in [0.15, 0.2) is 22.9 Å². The van der Waals surface area contributed by atoms with Crippen LogP contribution in [0, 0.1) is 13.8 Å². The summed E-state index contributed by atoms with van der Waals surface area (Å²) in [4.78, 5) is 29.3. The number of halogens is 3. The number of anilines is 1. The summed E-state index contributed by atoms with van der Waals surface area (Å²) in [5, 5.41) is 11.7. The minimum atomic E-state index is -2.82. The first kappa shape index (κ1) is 24.0. The van der Waals surface area contributed by atoms with E-state index in [-0.39, 0.29) is 21.8 Å². The summed E-state index contributed by atoms with van der Waals surface area (Å²) in [5.74, 6) is -1.18. The number of rotatable bonds is 7. The molecular formula is C21H20BrF2N7O2S. The van der Waals surface area contributed by atoms with Gasteiger partial charge in [0.2, 0.25) is 5.91 Å². The number of nitrogens with zero attached hydrogens (tertiary/aromatic N) is 5. The number of carbonyl (C=O) groups excluding carboxylic acids is 2. The lowest BCUT2D eigenvalue weighted by Crippen LogP contribution is -2.18. The van der Waals surface area contributed by atoms with E-state index in [2.05, 4.69) is 36.4 Å². The molecule has 0 spiro atoms. The van der Waals surface area contributed by atoms with Gasteiger partial charge >= 0.3 is 0 Å². The molecule has 0 fully saturated rings. The van der Waals surface area contributed by atoms with E-state index in [0.29, 0.717) is 28.8 Å². The van der Waals surface area contributed by atoms with E-state index in [1.807, 2.05) is 6.92 Å². The second-order valence-electron chi connectivity index (χ2n) is 7.67. The lowest BCUT2D eigenvalue weighted by atomic mass is 10.0. The first-order valence-corrected chi connectivity index (χ1v) is 11.7. The fraction of sp³-hybridized carbons (Fsp3) is 0.286. The Kier molecular flexibility index (Phi) is 6.49. The zero-order chi connectivity index (χ0) is 24.7. The maximum Gasteiger partial charge on any atom is 0.280 e. The van der Waals surface area contributed by atoms with Crippen LogP contribution in [-0.4, -0.2) is 36.4 Å². The van der Waals surface area contributed by atoms with E-state index in [9.17, 15) is 18.4 Å². The third-order valence-corrected chi connectivity index (χ3v) is 7.03. The number of nitrogens with one attached hydrogen (secondary N) is 1. The predicted octanol–water partition coefficient (Wildman–Crippen LogP) is 4.34. The molecular weight excluding hydrogens is 532 g/mol. The first-order chi connectivity index (χ1) is 16.0. The molecule has 2 amide bonds. The van der Waals surface area contributed by atoms with Gasteiger partial charge in [-0.15, -0.1) is 11.3 Å². The molecule has 9 nitrogen and oxygen atoms in total. The molecule has 0 aromatic carbocycles. The van der Waals surface area contributed by atoms with Gasteiger partial charge in [0, 0.05) is 43.4 Å². The van der Waals surface area contributed by atoms with Crippen LogP contribution in [0.25, 0.3) is 21.3 Å². The number of hydrogen-bond donors (Lipinski definition) is 2. The van der Waals surface area contributed by atoms with Crippen molar-refractivity contribution in [2.24, 2.45) is 12.8 Å². The number of amides is 2. The Morgan fingerprint density at radius 3 is 2.50 bits per heavy atom. The number of carbonyl (C=O) groups is 2. The van der Waals surface area contributed by atoms with Gasteiger partial charge in [0.05, 0.1) is 21.5 Å². The smallest absolute Gasteiger partial charge is 0.280 e. The van der Waals surface area contributed by atoms with E-state index < -0.39 is 23.9 Å². The third-order valence-electron chi connectivity index (χ3n) is 5.15. The molecule has 0 saturated heterocycles. The maximum absolute atomic E-state index is 13.6. The average molecular weight is 552 g/mol. The standard InChI is InChI=1S/C21H20BrF2N7O2S/c1-9-12(7-30(3)28-9)11-6-14(19(23)24)26-21-16(11)17(18(34-21)20(25)33)27-15(32)4-5-31-8-13(22)10(2)29-31/h6-8,19H,4-5H2,1-3H3,(H2,25,33)(H,27,32). The molecule has 178 valence electrons. The molecule has 0 saturated carbocycles. The molecule has 4 rings (SSSR count). The number of fused-ring (bicyclic) bond motifs is 1. The normalized spacial score (nSPS) is 11.5. The summed E-state index contributed by atoms with van der Waals surface area (Å²) in [6, 6.07) is 1.26. The molecule has 0 radical (unpaired) electrons.